The molecule has 0 fully saturated rings. The van der Waals surface area contributed by atoms with Gasteiger partial charge in [0.2, 0.25) is 15.9 Å². The minimum atomic E-state index is -4.12. The summed E-state index contributed by atoms with van der Waals surface area (Å²) in [6.07, 6.45) is -0.204. The Morgan fingerprint density at radius 2 is 1.81 bits per heavy atom. The molecule has 0 unspecified atom stereocenters. The molecule has 10 heteroatoms. The Balaban J connectivity index is 1.76. The summed E-state index contributed by atoms with van der Waals surface area (Å²) in [6, 6.07) is 16.2. The summed E-state index contributed by atoms with van der Waals surface area (Å²) in [5.41, 5.74) is 1.22. The third kappa shape index (κ3) is 6.04. The molecule has 0 heterocycles. The Kier molecular flexibility index (Phi) is 7.10. The van der Waals surface area contributed by atoms with Crippen molar-refractivity contribution in [2.45, 2.75) is 17.9 Å². The largest absolute Gasteiger partial charge is 0.489 e. The van der Waals surface area contributed by atoms with Crippen LogP contribution < -0.4 is 15.2 Å². The molecule has 0 saturated carbocycles. The third-order valence-corrected chi connectivity index (χ3v) is 5.76. The van der Waals surface area contributed by atoms with Crippen molar-refractivity contribution in [3.8, 4) is 11.8 Å². The fourth-order valence-electron chi connectivity index (χ4n) is 2.86. The lowest BCUT2D eigenvalue weighted by molar-refractivity contribution is -0.115. The zero-order chi connectivity index (χ0) is 23.3. The summed E-state index contributed by atoms with van der Waals surface area (Å²) in [4.78, 5) is 12.1. The van der Waals surface area contributed by atoms with E-state index in [0.29, 0.717) is 16.9 Å². The van der Waals surface area contributed by atoms with E-state index in [1.54, 1.807) is 24.3 Å². The molecule has 32 heavy (non-hydrogen) atoms. The topological polar surface area (TPSA) is 122 Å². The van der Waals surface area contributed by atoms with Gasteiger partial charge in [-0.25, -0.2) is 17.9 Å². The van der Waals surface area contributed by atoms with Gasteiger partial charge in [-0.15, -0.1) is 0 Å². The van der Waals surface area contributed by atoms with E-state index in [0.717, 1.165) is 6.07 Å². The first-order valence-corrected chi connectivity index (χ1v) is 11.1. The summed E-state index contributed by atoms with van der Waals surface area (Å²) < 4.78 is 43.1. The third-order valence-electron chi connectivity index (χ3n) is 4.39. The zero-order valence-electron chi connectivity index (χ0n) is 16.5. The van der Waals surface area contributed by atoms with E-state index in [4.69, 9.17) is 26.7 Å². The number of nitrogens with one attached hydrogen (secondary N) is 1. The van der Waals surface area contributed by atoms with Crippen LogP contribution in [0.4, 0.5) is 10.1 Å². The van der Waals surface area contributed by atoms with Crippen molar-refractivity contribution in [2.75, 3.05) is 5.32 Å². The fourth-order valence-corrected chi connectivity index (χ4v) is 3.83. The number of primary sulfonamides is 1. The molecular formula is C22H17ClFN3O4S. The van der Waals surface area contributed by atoms with Crippen LogP contribution in [0.2, 0.25) is 5.02 Å². The van der Waals surface area contributed by atoms with Crippen molar-refractivity contribution in [3.63, 3.8) is 0 Å². The molecule has 0 radical (unpaired) electrons. The summed E-state index contributed by atoms with van der Waals surface area (Å²) in [5, 5.41) is 17.0. The quantitative estimate of drug-likeness (QED) is 0.541. The molecule has 0 bridgehead atoms. The van der Waals surface area contributed by atoms with Gasteiger partial charge >= 0.3 is 0 Å². The number of sulfonamides is 1. The maximum Gasteiger partial charge on any atom is 0.238 e. The van der Waals surface area contributed by atoms with Gasteiger partial charge in [-0.2, -0.15) is 5.26 Å². The summed E-state index contributed by atoms with van der Waals surface area (Å²) in [6.45, 7) is -0.106. The van der Waals surface area contributed by atoms with E-state index in [2.05, 4.69) is 5.32 Å². The molecule has 3 rings (SSSR count). The van der Waals surface area contributed by atoms with Crippen LogP contribution in [0.25, 0.3) is 0 Å². The minimum Gasteiger partial charge on any atom is -0.489 e. The Hall–Kier alpha value is -3.45. The van der Waals surface area contributed by atoms with Gasteiger partial charge in [-0.05, 0) is 60.2 Å². The monoisotopic (exact) mass is 473 g/mol. The van der Waals surface area contributed by atoms with Crippen molar-refractivity contribution >= 4 is 33.2 Å². The lowest BCUT2D eigenvalue weighted by Gasteiger charge is -2.13. The van der Waals surface area contributed by atoms with Crippen molar-refractivity contribution < 1.29 is 22.3 Å². The number of anilines is 1. The van der Waals surface area contributed by atoms with Crippen molar-refractivity contribution in [1.82, 2.24) is 0 Å². The molecule has 0 aromatic heterocycles. The first kappa shape index (κ1) is 23.2. The highest BCUT2D eigenvalue weighted by atomic mass is 35.5. The van der Waals surface area contributed by atoms with Crippen LogP contribution in [0.3, 0.4) is 0 Å². The molecule has 0 atom stereocenters. The second-order valence-corrected chi connectivity index (χ2v) is 8.69. The highest BCUT2D eigenvalue weighted by Gasteiger charge is 2.17. The van der Waals surface area contributed by atoms with E-state index in [1.807, 2.05) is 6.07 Å². The highest BCUT2D eigenvalue weighted by molar-refractivity contribution is 7.89. The number of hydrogen-bond donors (Lipinski definition) is 2. The number of hydrogen-bond acceptors (Lipinski definition) is 5. The molecule has 3 N–H and O–H groups in total. The molecule has 0 aliphatic carbocycles. The van der Waals surface area contributed by atoms with E-state index >= 15 is 0 Å². The number of carbonyl (C=O) groups is 1. The number of nitrogens with two attached hydrogens (primary N) is 1. The first-order chi connectivity index (χ1) is 15.2. The number of halogens is 2. The van der Waals surface area contributed by atoms with Gasteiger partial charge in [0.05, 0.1) is 22.9 Å². The second kappa shape index (κ2) is 9.78. The molecule has 3 aromatic carbocycles. The van der Waals surface area contributed by atoms with E-state index in [1.165, 1.54) is 30.3 Å². The van der Waals surface area contributed by atoms with Crippen LogP contribution >= 0.6 is 11.6 Å². The lowest BCUT2D eigenvalue weighted by atomic mass is 10.1. The average molecular weight is 474 g/mol. The van der Waals surface area contributed by atoms with E-state index in [9.17, 15) is 17.6 Å². The molecule has 0 aliphatic rings. The normalized spacial score (nSPS) is 10.9. The van der Waals surface area contributed by atoms with E-state index in [-0.39, 0.29) is 34.2 Å². The molecule has 164 valence electrons. The van der Waals surface area contributed by atoms with Gasteiger partial charge in [0.15, 0.2) is 0 Å². The number of ether oxygens (including phenoxy) is 1. The fraction of sp³-hybridized carbons (Fsp3) is 0.0909. The maximum atomic E-state index is 13.4. The van der Waals surface area contributed by atoms with Crippen molar-refractivity contribution in [1.29, 1.82) is 5.26 Å². The SMILES string of the molecule is N#Cc1ccc(OCc2ccc(NC(=O)Cc3cc(F)ccc3Cl)cc2S(N)(=O)=O)cc1. The number of rotatable bonds is 7. The van der Waals surface area contributed by atoms with Crippen LogP contribution in [0.1, 0.15) is 16.7 Å². The standard InChI is InChI=1S/C22H17ClFN3O4S/c23-20-8-4-17(24)9-16(20)10-22(28)27-18-5-3-15(21(11-18)32(26,29)30)13-31-19-6-1-14(12-25)2-7-19/h1-9,11H,10,13H2,(H,27,28)(H2,26,29,30). The van der Waals surface area contributed by atoms with Gasteiger partial charge in [0.25, 0.3) is 0 Å². The molecule has 0 saturated heterocycles. The van der Waals surface area contributed by atoms with E-state index < -0.39 is 21.7 Å². The smallest absolute Gasteiger partial charge is 0.238 e. The minimum absolute atomic E-state index is 0.106. The number of benzene rings is 3. The summed E-state index contributed by atoms with van der Waals surface area (Å²) in [5.74, 6) is -0.603. The van der Waals surface area contributed by atoms with Crippen LogP contribution in [-0.2, 0) is 27.8 Å². The Labute approximate surface area is 189 Å². The molecule has 7 nitrogen and oxygen atoms in total. The zero-order valence-corrected chi connectivity index (χ0v) is 18.1. The van der Waals surface area contributed by atoms with Crippen molar-refractivity contribution in [2.24, 2.45) is 5.14 Å². The van der Waals surface area contributed by atoms with Crippen LogP contribution in [0.15, 0.2) is 65.6 Å². The molecule has 1 amide bonds. The second-order valence-electron chi connectivity index (χ2n) is 6.75. The molecule has 0 spiro atoms. The predicted molar refractivity (Wildman–Crippen MR) is 117 cm³/mol. The number of amides is 1. The molecule has 0 aliphatic heterocycles. The van der Waals surface area contributed by atoms with Gasteiger partial charge in [-0.1, -0.05) is 17.7 Å². The first-order valence-electron chi connectivity index (χ1n) is 9.18. The van der Waals surface area contributed by atoms with Crippen LogP contribution in [0, 0.1) is 17.1 Å². The van der Waals surface area contributed by atoms with Crippen LogP contribution in [0.5, 0.6) is 5.75 Å². The number of carbonyl (C=O) groups excluding carboxylic acids is 1. The lowest BCUT2D eigenvalue weighted by Crippen LogP contribution is -2.18. The van der Waals surface area contributed by atoms with Gasteiger partial charge in [0.1, 0.15) is 18.2 Å². The Morgan fingerprint density at radius 3 is 2.47 bits per heavy atom. The summed E-state index contributed by atoms with van der Waals surface area (Å²) in [7, 11) is -4.12. The molecule has 3 aromatic rings. The molecular weight excluding hydrogens is 457 g/mol. The van der Waals surface area contributed by atoms with Crippen LogP contribution in [-0.4, -0.2) is 14.3 Å². The maximum absolute atomic E-state index is 13.4. The highest BCUT2D eigenvalue weighted by Crippen LogP contribution is 2.23. The van der Waals surface area contributed by atoms with Gasteiger partial charge in [0, 0.05) is 16.3 Å². The Morgan fingerprint density at radius 1 is 1.09 bits per heavy atom. The number of nitriles is 1. The average Bonchev–Trinajstić information content (AvgIpc) is 2.75. The number of nitrogens with zero attached hydrogens (tertiary/aromatic N) is 1. The predicted octanol–water partition coefficient (Wildman–Crippen LogP) is 3.76. The van der Waals surface area contributed by atoms with Gasteiger partial charge < -0.3 is 10.1 Å². The van der Waals surface area contributed by atoms with Crippen molar-refractivity contribution in [3.05, 3.63) is 88.2 Å². The Bertz CT molecular complexity index is 1310. The summed E-state index contributed by atoms with van der Waals surface area (Å²) >= 11 is 5.98. The van der Waals surface area contributed by atoms with Gasteiger partial charge in [-0.3, -0.25) is 4.79 Å².